The number of aromatic nitrogens is 1. The zero-order valence-electron chi connectivity index (χ0n) is 9.95. The molecule has 2 amide bonds. The molecule has 1 aromatic carbocycles. The van der Waals surface area contributed by atoms with E-state index in [2.05, 4.69) is 0 Å². The molecule has 0 saturated carbocycles. The highest BCUT2D eigenvalue weighted by Gasteiger charge is 2.37. The molecule has 1 aliphatic rings. The van der Waals surface area contributed by atoms with Gasteiger partial charge in [-0.3, -0.25) is 19.1 Å². The maximum Gasteiger partial charge on any atom is 0.336 e. The van der Waals surface area contributed by atoms with Gasteiger partial charge in [0.25, 0.3) is 5.78 Å². The molecule has 94 valence electrons. The molecule has 0 aliphatic carbocycles. The molecular weight excluding hydrogens is 244 g/mol. The maximum absolute atomic E-state index is 12.2. The number of rotatable bonds is 2. The van der Waals surface area contributed by atoms with Gasteiger partial charge in [0, 0.05) is 6.20 Å². The Labute approximate surface area is 109 Å². The first kappa shape index (κ1) is 11.4. The van der Waals surface area contributed by atoms with Crippen molar-refractivity contribution in [1.29, 1.82) is 0 Å². The molecular formula is C14H10N2O3. The van der Waals surface area contributed by atoms with E-state index >= 15 is 0 Å². The smallest absolute Gasteiger partial charge is 0.281 e. The van der Waals surface area contributed by atoms with Crippen molar-refractivity contribution in [2.24, 2.45) is 0 Å². The number of Topliss-reactive ketones (excluding diaryl/α,β-unsaturated/α-hetero) is 1. The molecule has 5 heteroatoms. The average molecular weight is 254 g/mol. The fourth-order valence-corrected chi connectivity index (χ4v) is 2.09. The molecule has 1 aromatic heterocycles. The highest BCUT2D eigenvalue weighted by Crippen LogP contribution is 2.17. The summed E-state index contributed by atoms with van der Waals surface area (Å²) in [5, 5.41) is 0. The van der Waals surface area contributed by atoms with E-state index < -0.39 is 17.7 Å². The van der Waals surface area contributed by atoms with Crippen molar-refractivity contribution < 1.29 is 14.4 Å². The monoisotopic (exact) mass is 254 g/mol. The molecule has 0 saturated heterocycles. The van der Waals surface area contributed by atoms with Gasteiger partial charge < -0.3 is 0 Å². The number of hydrogen-bond donors (Lipinski definition) is 0. The van der Waals surface area contributed by atoms with Crippen molar-refractivity contribution in [3.05, 3.63) is 59.9 Å². The lowest BCUT2D eigenvalue weighted by molar-refractivity contribution is -0.124. The van der Waals surface area contributed by atoms with E-state index in [0.29, 0.717) is 0 Å². The standard InChI is InChI=1S/C14H10N2O3/c17-12-11-7-4-8-15(11)14(19)16(13(12)18)9-10-5-2-1-3-6-10/h1-8H,9H2. The Balaban J connectivity index is 1.97. The minimum atomic E-state index is -0.778. The van der Waals surface area contributed by atoms with Gasteiger partial charge in [-0.1, -0.05) is 30.3 Å². The lowest BCUT2D eigenvalue weighted by atomic mass is 10.1. The highest BCUT2D eigenvalue weighted by molar-refractivity contribution is 6.46. The van der Waals surface area contributed by atoms with Crippen LogP contribution in [0.25, 0.3) is 0 Å². The van der Waals surface area contributed by atoms with Gasteiger partial charge >= 0.3 is 11.9 Å². The van der Waals surface area contributed by atoms with E-state index in [4.69, 9.17) is 0 Å². The molecule has 5 nitrogen and oxygen atoms in total. The van der Waals surface area contributed by atoms with Crippen LogP contribution in [0.2, 0.25) is 0 Å². The molecule has 0 unspecified atom stereocenters. The van der Waals surface area contributed by atoms with Crippen LogP contribution in [0.1, 0.15) is 16.1 Å². The van der Waals surface area contributed by atoms with E-state index in [-0.39, 0.29) is 12.2 Å². The second kappa shape index (κ2) is 4.20. The molecule has 3 rings (SSSR count). The van der Waals surface area contributed by atoms with Crippen LogP contribution < -0.4 is 0 Å². The third kappa shape index (κ3) is 1.76. The first-order chi connectivity index (χ1) is 9.18. The van der Waals surface area contributed by atoms with Crippen LogP contribution in [0.3, 0.4) is 0 Å². The molecule has 0 N–H and O–H groups in total. The van der Waals surface area contributed by atoms with Crippen molar-refractivity contribution in [1.82, 2.24) is 9.47 Å². The molecule has 0 radical (unpaired) electrons. The Morgan fingerprint density at radius 2 is 1.63 bits per heavy atom. The zero-order chi connectivity index (χ0) is 13.4. The van der Waals surface area contributed by atoms with Crippen molar-refractivity contribution in [3.8, 4) is 0 Å². The molecule has 1 aliphatic heterocycles. The van der Waals surface area contributed by atoms with Gasteiger partial charge in [-0.25, -0.2) is 4.79 Å². The van der Waals surface area contributed by atoms with Gasteiger partial charge in [-0.05, 0) is 17.7 Å². The lowest BCUT2D eigenvalue weighted by Crippen LogP contribution is -2.48. The summed E-state index contributed by atoms with van der Waals surface area (Å²) < 4.78 is 1.20. The number of fused-ring (bicyclic) bond motifs is 1. The van der Waals surface area contributed by atoms with Crippen molar-refractivity contribution in [3.63, 3.8) is 0 Å². The second-order valence-electron chi connectivity index (χ2n) is 4.25. The van der Waals surface area contributed by atoms with Crippen molar-refractivity contribution >= 4 is 17.7 Å². The first-order valence-electron chi connectivity index (χ1n) is 5.80. The van der Waals surface area contributed by atoms with Gasteiger partial charge in [-0.2, -0.15) is 0 Å². The fourth-order valence-electron chi connectivity index (χ4n) is 2.09. The lowest BCUT2D eigenvalue weighted by Gasteiger charge is -2.25. The quantitative estimate of drug-likeness (QED) is 0.766. The molecule has 0 atom stereocenters. The van der Waals surface area contributed by atoms with Gasteiger partial charge in [0.15, 0.2) is 0 Å². The summed E-state index contributed by atoms with van der Waals surface area (Å²) in [7, 11) is 0. The fraction of sp³-hybridized carbons (Fsp3) is 0.0714. The van der Waals surface area contributed by atoms with Crippen LogP contribution in [-0.2, 0) is 11.3 Å². The Morgan fingerprint density at radius 1 is 0.895 bits per heavy atom. The van der Waals surface area contributed by atoms with Crippen LogP contribution in [0, 0.1) is 0 Å². The van der Waals surface area contributed by atoms with Gasteiger partial charge in [0.05, 0.1) is 6.54 Å². The first-order valence-corrected chi connectivity index (χ1v) is 5.80. The number of amides is 2. The van der Waals surface area contributed by atoms with Gasteiger partial charge in [0.2, 0.25) is 0 Å². The second-order valence-corrected chi connectivity index (χ2v) is 4.25. The Kier molecular flexibility index (Phi) is 2.52. The minimum Gasteiger partial charge on any atom is -0.281 e. The van der Waals surface area contributed by atoms with E-state index in [0.717, 1.165) is 10.5 Å². The van der Waals surface area contributed by atoms with E-state index in [1.165, 1.54) is 16.8 Å². The molecule has 0 spiro atoms. The summed E-state index contributed by atoms with van der Waals surface area (Å²) in [5.74, 6) is -1.43. The molecule has 19 heavy (non-hydrogen) atoms. The van der Waals surface area contributed by atoms with Crippen LogP contribution in [-0.4, -0.2) is 27.2 Å². The average Bonchev–Trinajstić information content (AvgIpc) is 2.92. The molecule has 0 fully saturated rings. The Morgan fingerprint density at radius 3 is 2.37 bits per heavy atom. The molecule has 2 heterocycles. The number of carbonyl (C=O) groups is 3. The normalized spacial score (nSPS) is 14.7. The third-order valence-electron chi connectivity index (χ3n) is 3.04. The summed E-state index contributed by atoms with van der Waals surface area (Å²) in [5.41, 5.74) is 0.923. The van der Waals surface area contributed by atoms with E-state index in [1.54, 1.807) is 18.2 Å². The number of ketones is 1. The third-order valence-corrected chi connectivity index (χ3v) is 3.04. The van der Waals surface area contributed by atoms with Crippen LogP contribution in [0.4, 0.5) is 4.79 Å². The Bertz CT molecular complexity index is 673. The minimum absolute atomic E-state index is 0.0991. The predicted molar refractivity (Wildman–Crippen MR) is 66.5 cm³/mol. The SMILES string of the molecule is O=C1C(=O)N(Cc2ccccc2)C(=O)n2cccc21. The van der Waals surface area contributed by atoms with E-state index in [1.807, 2.05) is 18.2 Å². The van der Waals surface area contributed by atoms with Gasteiger partial charge in [-0.15, -0.1) is 0 Å². The number of carbonyl (C=O) groups excluding carboxylic acids is 3. The number of nitrogens with zero attached hydrogens (tertiary/aromatic N) is 2. The highest BCUT2D eigenvalue weighted by atomic mass is 16.2. The molecule has 2 aromatic rings. The van der Waals surface area contributed by atoms with Gasteiger partial charge in [0.1, 0.15) is 5.69 Å². The Hall–Kier alpha value is -2.69. The summed E-state index contributed by atoms with van der Waals surface area (Å²) in [6, 6.07) is 11.6. The maximum atomic E-state index is 12.2. The summed E-state index contributed by atoms with van der Waals surface area (Å²) >= 11 is 0. The van der Waals surface area contributed by atoms with E-state index in [9.17, 15) is 14.4 Å². The van der Waals surface area contributed by atoms with Crippen LogP contribution in [0.15, 0.2) is 48.7 Å². The number of benzene rings is 1. The zero-order valence-corrected chi connectivity index (χ0v) is 9.95. The number of imide groups is 1. The summed E-state index contributed by atoms with van der Waals surface area (Å²) in [6.07, 6.45) is 1.49. The topological polar surface area (TPSA) is 59.4 Å². The summed E-state index contributed by atoms with van der Waals surface area (Å²) in [6.45, 7) is 0.0991. The van der Waals surface area contributed by atoms with Crippen LogP contribution in [0.5, 0.6) is 0 Å². The predicted octanol–water partition coefficient (Wildman–Crippen LogP) is 1.68. The number of hydrogen-bond acceptors (Lipinski definition) is 3. The largest absolute Gasteiger partial charge is 0.336 e. The van der Waals surface area contributed by atoms with Crippen LogP contribution >= 0.6 is 0 Å². The molecule has 0 bridgehead atoms. The summed E-state index contributed by atoms with van der Waals surface area (Å²) in [4.78, 5) is 36.9. The van der Waals surface area contributed by atoms with Crippen molar-refractivity contribution in [2.45, 2.75) is 6.54 Å². The van der Waals surface area contributed by atoms with Crippen molar-refractivity contribution in [2.75, 3.05) is 0 Å².